The summed E-state index contributed by atoms with van der Waals surface area (Å²) in [6.45, 7) is 0.882. The number of amides is 1. The first kappa shape index (κ1) is 14.2. The van der Waals surface area contributed by atoms with Gasteiger partial charge in [0.2, 0.25) is 5.91 Å². The molecule has 20 heavy (non-hydrogen) atoms. The van der Waals surface area contributed by atoms with Gasteiger partial charge in [-0.15, -0.1) is 0 Å². The van der Waals surface area contributed by atoms with Gasteiger partial charge in [0.15, 0.2) is 0 Å². The molecule has 1 amide bonds. The summed E-state index contributed by atoms with van der Waals surface area (Å²) in [5, 5.41) is 0. The molecule has 0 aliphatic heterocycles. The number of nitrogens with two attached hydrogens (primary N) is 1. The highest BCUT2D eigenvalue weighted by Gasteiger charge is 2.12. The number of hydrogen-bond acceptors (Lipinski definition) is 2. The van der Waals surface area contributed by atoms with Gasteiger partial charge in [-0.3, -0.25) is 4.79 Å². The molecule has 0 spiro atoms. The summed E-state index contributed by atoms with van der Waals surface area (Å²) in [7, 11) is 0. The summed E-state index contributed by atoms with van der Waals surface area (Å²) in [5.41, 5.74) is 7.37. The maximum absolute atomic E-state index is 12.9. The Morgan fingerprint density at radius 3 is 2.05 bits per heavy atom. The van der Waals surface area contributed by atoms with E-state index in [1.165, 1.54) is 12.1 Å². The minimum absolute atomic E-state index is 0.0337. The summed E-state index contributed by atoms with van der Waals surface area (Å²) < 4.78 is 12.9. The van der Waals surface area contributed by atoms with Gasteiger partial charge in [-0.2, -0.15) is 0 Å². The van der Waals surface area contributed by atoms with Crippen molar-refractivity contribution in [2.45, 2.75) is 13.1 Å². The standard InChI is InChI=1S/C16H17FN2O/c17-15-8-6-14(7-9-15)12-19(16(20)10-18)11-13-4-2-1-3-5-13/h1-9H,10-12,18H2. The normalized spacial score (nSPS) is 10.3. The fourth-order valence-electron chi connectivity index (χ4n) is 1.98. The molecular weight excluding hydrogens is 255 g/mol. The van der Waals surface area contributed by atoms with Crippen molar-refractivity contribution in [3.8, 4) is 0 Å². The Hall–Kier alpha value is -2.20. The number of carbonyl (C=O) groups is 1. The zero-order valence-corrected chi connectivity index (χ0v) is 11.1. The summed E-state index contributed by atoms with van der Waals surface area (Å²) in [6, 6.07) is 15.8. The molecule has 2 rings (SSSR count). The molecule has 0 aliphatic rings. The summed E-state index contributed by atoms with van der Waals surface area (Å²) in [4.78, 5) is 13.6. The molecule has 2 aromatic carbocycles. The molecule has 0 radical (unpaired) electrons. The van der Waals surface area contributed by atoms with Crippen molar-refractivity contribution in [1.82, 2.24) is 4.90 Å². The summed E-state index contributed by atoms with van der Waals surface area (Å²) in [6.07, 6.45) is 0. The van der Waals surface area contributed by atoms with Gasteiger partial charge < -0.3 is 10.6 Å². The maximum Gasteiger partial charge on any atom is 0.236 e. The van der Waals surface area contributed by atoms with Crippen LogP contribution >= 0.6 is 0 Å². The molecule has 0 aliphatic carbocycles. The van der Waals surface area contributed by atoms with Crippen LogP contribution in [0.2, 0.25) is 0 Å². The predicted octanol–water partition coefficient (Wildman–Crippen LogP) is 2.31. The molecule has 0 saturated carbocycles. The fourth-order valence-corrected chi connectivity index (χ4v) is 1.98. The molecular formula is C16H17FN2O. The van der Waals surface area contributed by atoms with Gasteiger partial charge in [-0.25, -0.2) is 4.39 Å². The number of carbonyl (C=O) groups excluding carboxylic acids is 1. The van der Waals surface area contributed by atoms with Crippen molar-refractivity contribution in [2.24, 2.45) is 5.73 Å². The van der Waals surface area contributed by atoms with Crippen LogP contribution in [0.4, 0.5) is 4.39 Å². The van der Waals surface area contributed by atoms with Gasteiger partial charge >= 0.3 is 0 Å². The van der Waals surface area contributed by atoms with Crippen LogP contribution in [0, 0.1) is 5.82 Å². The Morgan fingerprint density at radius 1 is 0.950 bits per heavy atom. The smallest absolute Gasteiger partial charge is 0.236 e. The van der Waals surface area contributed by atoms with Crippen LogP contribution in [0.5, 0.6) is 0 Å². The van der Waals surface area contributed by atoms with E-state index in [-0.39, 0.29) is 18.3 Å². The van der Waals surface area contributed by atoms with Crippen molar-refractivity contribution < 1.29 is 9.18 Å². The van der Waals surface area contributed by atoms with Crippen LogP contribution in [0.15, 0.2) is 54.6 Å². The Labute approximate surface area is 117 Å². The van der Waals surface area contributed by atoms with E-state index < -0.39 is 0 Å². The SMILES string of the molecule is NCC(=O)N(Cc1ccccc1)Cc1ccc(F)cc1. The first-order valence-corrected chi connectivity index (χ1v) is 6.45. The zero-order chi connectivity index (χ0) is 14.4. The Morgan fingerprint density at radius 2 is 1.50 bits per heavy atom. The van der Waals surface area contributed by atoms with Crippen LogP contribution in [-0.4, -0.2) is 17.4 Å². The minimum atomic E-state index is -0.284. The number of nitrogens with zero attached hydrogens (tertiary/aromatic N) is 1. The van der Waals surface area contributed by atoms with Gasteiger partial charge in [0, 0.05) is 13.1 Å². The number of hydrogen-bond donors (Lipinski definition) is 1. The van der Waals surface area contributed by atoms with Crippen molar-refractivity contribution >= 4 is 5.91 Å². The van der Waals surface area contributed by atoms with Crippen molar-refractivity contribution in [2.75, 3.05) is 6.54 Å². The number of benzene rings is 2. The van der Waals surface area contributed by atoms with Gasteiger partial charge in [0.1, 0.15) is 5.82 Å². The van der Waals surface area contributed by atoms with Crippen LogP contribution in [0.3, 0.4) is 0 Å². The van der Waals surface area contributed by atoms with E-state index in [9.17, 15) is 9.18 Å². The van der Waals surface area contributed by atoms with Crippen LogP contribution < -0.4 is 5.73 Å². The lowest BCUT2D eigenvalue weighted by molar-refractivity contribution is -0.130. The molecule has 0 aromatic heterocycles. The second-order valence-corrected chi connectivity index (χ2v) is 4.57. The largest absolute Gasteiger partial charge is 0.333 e. The highest BCUT2D eigenvalue weighted by molar-refractivity contribution is 5.78. The monoisotopic (exact) mass is 272 g/mol. The topological polar surface area (TPSA) is 46.3 Å². The quantitative estimate of drug-likeness (QED) is 0.908. The number of rotatable bonds is 5. The molecule has 104 valence electrons. The maximum atomic E-state index is 12.9. The lowest BCUT2D eigenvalue weighted by Gasteiger charge is -2.22. The first-order valence-electron chi connectivity index (χ1n) is 6.45. The summed E-state index contributed by atoms with van der Waals surface area (Å²) >= 11 is 0. The molecule has 0 atom stereocenters. The lowest BCUT2D eigenvalue weighted by Crippen LogP contribution is -2.35. The van der Waals surface area contributed by atoms with Gasteiger partial charge in [-0.05, 0) is 23.3 Å². The van der Waals surface area contributed by atoms with E-state index in [1.807, 2.05) is 30.3 Å². The fraction of sp³-hybridized carbons (Fsp3) is 0.188. The molecule has 2 N–H and O–H groups in total. The highest BCUT2D eigenvalue weighted by atomic mass is 19.1. The molecule has 0 bridgehead atoms. The van der Waals surface area contributed by atoms with E-state index in [4.69, 9.17) is 5.73 Å². The van der Waals surface area contributed by atoms with E-state index in [2.05, 4.69) is 0 Å². The zero-order valence-electron chi connectivity index (χ0n) is 11.1. The summed E-state index contributed by atoms with van der Waals surface area (Å²) in [5.74, 6) is -0.410. The Bertz CT molecular complexity index is 554. The minimum Gasteiger partial charge on any atom is -0.333 e. The third-order valence-electron chi connectivity index (χ3n) is 3.03. The Kier molecular flexibility index (Phi) is 4.85. The van der Waals surface area contributed by atoms with Crippen LogP contribution in [0.1, 0.15) is 11.1 Å². The predicted molar refractivity (Wildman–Crippen MR) is 76.2 cm³/mol. The molecule has 0 heterocycles. The van der Waals surface area contributed by atoms with Crippen LogP contribution in [0.25, 0.3) is 0 Å². The molecule has 2 aromatic rings. The van der Waals surface area contributed by atoms with Gasteiger partial charge in [-0.1, -0.05) is 42.5 Å². The molecule has 0 unspecified atom stereocenters. The third-order valence-corrected chi connectivity index (χ3v) is 3.03. The van der Waals surface area contributed by atoms with Crippen LogP contribution in [-0.2, 0) is 17.9 Å². The number of halogens is 1. The second kappa shape index (κ2) is 6.82. The van der Waals surface area contributed by atoms with Crippen molar-refractivity contribution in [1.29, 1.82) is 0 Å². The third kappa shape index (κ3) is 3.90. The Balaban J connectivity index is 2.11. The second-order valence-electron chi connectivity index (χ2n) is 4.57. The van der Waals surface area contributed by atoms with E-state index in [0.717, 1.165) is 11.1 Å². The van der Waals surface area contributed by atoms with Crippen molar-refractivity contribution in [3.63, 3.8) is 0 Å². The van der Waals surface area contributed by atoms with Gasteiger partial charge in [0.05, 0.1) is 6.54 Å². The average Bonchev–Trinajstić information content (AvgIpc) is 2.49. The lowest BCUT2D eigenvalue weighted by atomic mass is 10.1. The van der Waals surface area contributed by atoms with E-state index in [0.29, 0.717) is 13.1 Å². The first-order chi connectivity index (χ1) is 9.69. The van der Waals surface area contributed by atoms with E-state index in [1.54, 1.807) is 17.0 Å². The van der Waals surface area contributed by atoms with Crippen molar-refractivity contribution in [3.05, 3.63) is 71.5 Å². The molecule has 0 saturated heterocycles. The highest BCUT2D eigenvalue weighted by Crippen LogP contribution is 2.11. The molecule has 0 fully saturated rings. The van der Waals surface area contributed by atoms with Gasteiger partial charge in [0.25, 0.3) is 0 Å². The van der Waals surface area contributed by atoms with E-state index >= 15 is 0 Å². The molecule has 3 nitrogen and oxygen atoms in total. The molecule has 4 heteroatoms. The average molecular weight is 272 g/mol.